The van der Waals surface area contributed by atoms with Gasteiger partial charge in [-0.2, -0.15) is 0 Å². The summed E-state index contributed by atoms with van der Waals surface area (Å²) in [5.74, 6) is 3.83. The molecule has 0 amide bonds. The van der Waals surface area contributed by atoms with Gasteiger partial charge in [0.05, 0.1) is 0 Å². The normalized spacial score (nSPS) is 14.5. The molecule has 0 saturated carbocycles. The van der Waals surface area contributed by atoms with Gasteiger partial charge in [0.15, 0.2) is 0 Å². The van der Waals surface area contributed by atoms with Crippen molar-refractivity contribution < 1.29 is 0 Å². The van der Waals surface area contributed by atoms with Crippen LogP contribution in [0.3, 0.4) is 0 Å². The summed E-state index contributed by atoms with van der Waals surface area (Å²) in [4.78, 5) is 0. The van der Waals surface area contributed by atoms with E-state index in [9.17, 15) is 0 Å². The molecule has 0 radical (unpaired) electrons. The highest BCUT2D eigenvalue weighted by Crippen LogP contribution is 2.62. The van der Waals surface area contributed by atoms with E-state index in [2.05, 4.69) is 208 Å². The lowest BCUT2D eigenvalue weighted by Gasteiger charge is -2.32. The van der Waals surface area contributed by atoms with Crippen LogP contribution in [0.2, 0.25) is 19.6 Å². The molecule has 0 aliphatic rings. The molecule has 0 atom stereocenters. The summed E-state index contributed by atoms with van der Waals surface area (Å²) in [5, 5.41) is 34.0. The van der Waals surface area contributed by atoms with Crippen molar-refractivity contribution in [2.75, 3.05) is 0 Å². The van der Waals surface area contributed by atoms with Gasteiger partial charge in [-0.3, -0.25) is 0 Å². The minimum absolute atomic E-state index is 0.0536. The molecule has 13 aromatic carbocycles. The molecule has 13 aromatic rings. The largest absolute Gasteiger partial charge is 0.129 e. The number of hydrogen-bond acceptors (Lipinski definition) is 0. The third-order valence-corrected chi connectivity index (χ3v) is 17.4. The van der Waals surface area contributed by atoms with E-state index < -0.39 is 8.07 Å². The highest BCUT2D eigenvalue weighted by atomic mass is 28.3. The van der Waals surface area contributed by atoms with Crippen LogP contribution >= 0.6 is 0 Å². The maximum Gasteiger partial charge on any atom is 0.129 e. The van der Waals surface area contributed by atoms with Gasteiger partial charge in [-0.15, -0.1) is 5.54 Å². The van der Waals surface area contributed by atoms with Crippen LogP contribution in [0.15, 0.2) is 72.8 Å². The summed E-state index contributed by atoms with van der Waals surface area (Å²) in [6.07, 6.45) is 0. The topological polar surface area (TPSA) is 0 Å². The van der Waals surface area contributed by atoms with Crippen LogP contribution in [0.4, 0.5) is 0 Å². The Labute approximate surface area is 403 Å². The first-order chi connectivity index (χ1) is 31.5. The minimum atomic E-state index is -1.70. The minimum Gasteiger partial charge on any atom is -0.127 e. The van der Waals surface area contributed by atoms with E-state index >= 15 is 0 Å². The summed E-state index contributed by atoms with van der Waals surface area (Å²) in [6, 6.07) is 31.1. The molecular weight excluding hydrogens is 833 g/mol. The predicted molar refractivity (Wildman–Crippen MR) is 307 cm³/mol. The molecule has 0 bridgehead atoms. The van der Waals surface area contributed by atoms with Crippen LogP contribution in [-0.4, -0.2) is 8.07 Å². The second-order valence-corrected chi connectivity index (χ2v) is 32.4. The van der Waals surface area contributed by atoms with Crippen LogP contribution in [-0.2, 0) is 27.1 Å². The van der Waals surface area contributed by atoms with Crippen LogP contribution in [0.5, 0.6) is 0 Å². The molecule has 0 saturated heterocycles. The molecule has 0 spiro atoms. The van der Waals surface area contributed by atoms with Crippen molar-refractivity contribution in [3.05, 3.63) is 106 Å². The first kappa shape index (κ1) is 42.4. The quantitative estimate of drug-likeness (QED) is 0.0616. The van der Waals surface area contributed by atoms with E-state index in [0.29, 0.717) is 0 Å². The molecule has 0 aliphatic carbocycles. The van der Waals surface area contributed by atoms with Crippen LogP contribution in [0.25, 0.3) is 129 Å². The van der Waals surface area contributed by atoms with Crippen molar-refractivity contribution in [3.8, 4) is 11.5 Å². The Kier molecular flexibility index (Phi) is 7.71. The van der Waals surface area contributed by atoms with Gasteiger partial charge in [-0.05, 0) is 257 Å². The maximum atomic E-state index is 3.83. The SMILES string of the molecule is CC(C)(C)c1cc2c3cc(C#C[Si](C)(C)C)cc4c5cc(C(C)(C)C)cc6c7cc(C(C)(C)C)cc8c9cc(C(C)(C)C)cc%10c%11cc(C(C)(C)C)cc%12c(c1)c2c1c(c34)c(c56)c(c78)c(c%109)c1c%12%11. The van der Waals surface area contributed by atoms with Crippen LogP contribution in [0.1, 0.15) is 137 Å². The summed E-state index contributed by atoms with van der Waals surface area (Å²) >= 11 is 0. The van der Waals surface area contributed by atoms with Crippen molar-refractivity contribution in [1.82, 2.24) is 0 Å². The molecule has 1 heteroatoms. The van der Waals surface area contributed by atoms with Gasteiger partial charge in [0.1, 0.15) is 8.07 Å². The van der Waals surface area contributed by atoms with Gasteiger partial charge < -0.3 is 0 Å². The lowest BCUT2D eigenvalue weighted by atomic mass is 9.70. The Morgan fingerprint density at radius 1 is 0.250 bits per heavy atom. The Morgan fingerprint density at radius 2 is 0.412 bits per heavy atom. The zero-order chi connectivity index (χ0) is 48.2. The molecule has 0 nitrogen and oxygen atoms in total. The van der Waals surface area contributed by atoms with Gasteiger partial charge in [0.2, 0.25) is 0 Å². The fraction of sp³-hybridized carbons (Fsp3) is 0.343. The molecule has 68 heavy (non-hydrogen) atoms. The maximum absolute atomic E-state index is 3.83. The zero-order valence-electron chi connectivity index (χ0n) is 43.9. The molecule has 338 valence electrons. The predicted octanol–water partition coefficient (Wildman–Crippen LogP) is 19.9. The van der Waals surface area contributed by atoms with Gasteiger partial charge in [-0.25, -0.2) is 0 Å². The Morgan fingerprint density at radius 3 is 0.559 bits per heavy atom. The van der Waals surface area contributed by atoms with Crippen molar-refractivity contribution in [2.45, 2.75) is 151 Å². The third kappa shape index (κ3) is 5.40. The second-order valence-electron chi connectivity index (χ2n) is 27.7. The summed E-state index contributed by atoms with van der Waals surface area (Å²) in [6.45, 7) is 43.2. The molecular formula is C67H66Si. The fourth-order valence-electron chi connectivity index (χ4n) is 12.8. The first-order valence-corrected chi connectivity index (χ1v) is 28.9. The summed E-state index contributed by atoms with van der Waals surface area (Å²) in [5.41, 5.74) is 11.6. The lowest BCUT2D eigenvalue weighted by Crippen LogP contribution is -2.16. The Hall–Kier alpha value is -5.68. The molecule has 13 rings (SSSR count). The standard InChI is InChI=1S/C67H66Si/c1-63(2,3)34-23-41-39-21-33(19-20-68(16,17)18)22-40-42-24-35(64(4,5)6)26-44-46-28-37(66(10,11)12)30-48-50-32-38(67(13,14)15)31-49-47-29-36(65(7,8)9)27-45-43(25-34)52(41)58-57(51(39)40)59(53(42)44)61(55(46)48)62(56(49)50)60(58)54(45)47/h21-32H,1-18H3. The average molecular weight is 899 g/mol. The van der Waals surface area contributed by atoms with Crippen LogP contribution < -0.4 is 0 Å². The second kappa shape index (κ2) is 12.4. The smallest absolute Gasteiger partial charge is 0.127 e. The van der Waals surface area contributed by atoms with E-state index in [-0.39, 0.29) is 27.1 Å². The monoisotopic (exact) mass is 898 g/mol. The molecule has 0 heterocycles. The van der Waals surface area contributed by atoms with E-state index in [4.69, 9.17) is 0 Å². The number of hydrogen-bond donors (Lipinski definition) is 0. The van der Waals surface area contributed by atoms with Gasteiger partial charge in [0, 0.05) is 5.56 Å². The highest BCUT2D eigenvalue weighted by Gasteiger charge is 2.35. The Bertz CT molecular complexity index is 4130. The molecule has 0 fully saturated rings. The van der Waals surface area contributed by atoms with Gasteiger partial charge in [0.25, 0.3) is 0 Å². The van der Waals surface area contributed by atoms with Gasteiger partial charge in [-0.1, -0.05) is 129 Å². The summed E-state index contributed by atoms with van der Waals surface area (Å²) in [7, 11) is -1.70. The van der Waals surface area contributed by atoms with E-state index in [1.165, 1.54) is 157 Å². The fourth-order valence-corrected chi connectivity index (χ4v) is 13.3. The van der Waals surface area contributed by atoms with Crippen molar-refractivity contribution >= 4 is 137 Å². The van der Waals surface area contributed by atoms with Crippen molar-refractivity contribution in [1.29, 1.82) is 0 Å². The lowest BCUT2D eigenvalue weighted by molar-refractivity contribution is 0.591. The van der Waals surface area contributed by atoms with Crippen LogP contribution in [0, 0.1) is 11.5 Å². The van der Waals surface area contributed by atoms with Crippen molar-refractivity contribution in [3.63, 3.8) is 0 Å². The highest BCUT2D eigenvalue weighted by molar-refractivity contribution is 6.84. The number of fused-ring (bicyclic) bond motifs is 6. The number of benzene rings is 13. The first-order valence-electron chi connectivity index (χ1n) is 25.4. The molecule has 0 unspecified atom stereocenters. The van der Waals surface area contributed by atoms with E-state index in [1.807, 2.05) is 0 Å². The van der Waals surface area contributed by atoms with Gasteiger partial charge >= 0.3 is 0 Å². The van der Waals surface area contributed by atoms with E-state index in [1.54, 1.807) is 0 Å². The van der Waals surface area contributed by atoms with Crippen molar-refractivity contribution in [2.24, 2.45) is 0 Å². The zero-order valence-corrected chi connectivity index (χ0v) is 44.9. The third-order valence-electron chi connectivity index (χ3n) is 16.5. The number of rotatable bonds is 0. The van der Waals surface area contributed by atoms with E-state index in [0.717, 1.165) is 5.56 Å². The molecule has 0 N–H and O–H groups in total. The summed E-state index contributed by atoms with van der Waals surface area (Å²) < 4.78 is 0. The average Bonchev–Trinajstić information content (AvgIpc) is 3.23. The molecule has 0 aromatic heterocycles. The molecule has 0 aliphatic heterocycles. The Balaban J connectivity index is 1.49.